The summed E-state index contributed by atoms with van der Waals surface area (Å²) < 4.78 is 23.4. The summed E-state index contributed by atoms with van der Waals surface area (Å²) in [5.41, 5.74) is 6.43. The van der Waals surface area contributed by atoms with E-state index in [1.807, 2.05) is 0 Å². The van der Waals surface area contributed by atoms with Gasteiger partial charge in [0.15, 0.2) is 9.84 Å². The second-order valence-electron chi connectivity index (χ2n) is 4.46. The highest BCUT2D eigenvalue weighted by Crippen LogP contribution is 2.24. The molecule has 0 aromatic heterocycles. The normalized spacial score (nSPS) is 11.1. The Morgan fingerprint density at radius 1 is 1.19 bits per heavy atom. The number of rotatable bonds is 3. The van der Waals surface area contributed by atoms with Crippen molar-refractivity contribution in [3.05, 3.63) is 53.1 Å². The number of carbonyl (C=O) groups excluding carboxylic acids is 1. The van der Waals surface area contributed by atoms with Crippen LogP contribution in [0.5, 0.6) is 0 Å². The van der Waals surface area contributed by atoms with Crippen LogP contribution in [0.25, 0.3) is 0 Å². The largest absolute Gasteiger partial charge is 0.399 e. The first-order valence-corrected chi connectivity index (χ1v) is 8.21. The fourth-order valence-electron chi connectivity index (χ4n) is 1.80. The van der Waals surface area contributed by atoms with Gasteiger partial charge in [-0.05, 0) is 30.3 Å². The average molecular weight is 325 g/mol. The van der Waals surface area contributed by atoms with Crippen molar-refractivity contribution < 1.29 is 13.2 Å². The molecule has 0 aliphatic carbocycles. The lowest BCUT2D eigenvalue weighted by atomic mass is 10.2. The van der Waals surface area contributed by atoms with Gasteiger partial charge in [0.1, 0.15) is 0 Å². The number of carbonyl (C=O) groups is 1. The van der Waals surface area contributed by atoms with E-state index in [0.29, 0.717) is 5.69 Å². The lowest BCUT2D eigenvalue weighted by molar-refractivity contribution is 0.102. The number of halogens is 1. The zero-order valence-electron chi connectivity index (χ0n) is 11.1. The minimum Gasteiger partial charge on any atom is -0.399 e. The Labute approximate surface area is 127 Å². The quantitative estimate of drug-likeness (QED) is 0.849. The Hall–Kier alpha value is -2.05. The number of para-hydroxylation sites is 1. The number of hydrogen-bond acceptors (Lipinski definition) is 4. The van der Waals surface area contributed by atoms with E-state index in [1.165, 1.54) is 24.3 Å². The van der Waals surface area contributed by atoms with Crippen molar-refractivity contribution in [2.24, 2.45) is 0 Å². The fourth-order valence-corrected chi connectivity index (χ4v) is 2.92. The number of anilines is 2. The van der Waals surface area contributed by atoms with Crippen LogP contribution in [0.1, 0.15) is 10.4 Å². The number of amides is 1. The van der Waals surface area contributed by atoms with Crippen molar-refractivity contribution >= 4 is 38.7 Å². The monoisotopic (exact) mass is 324 g/mol. The molecule has 2 rings (SSSR count). The molecule has 2 aromatic rings. The maximum Gasteiger partial charge on any atom is 0.257 e. The van der Waals surface area contributed by atoms with Gasteiger partial charge in [-0.15, -0.1) is 0 Å². The predicted octanol–water partition coefficient (Wildman–Crippen LogP) is 2.58. The van der Waals surface area contributed by atoms with Crippen molar-refractivity contribution in [1.29, 1.82) is 0 Å². The molecular weight excluding hydrogens is 312 g/mol. The molecule has 0 spiro atoms. The van der Waals surface area contributed by atoms with Crippen LogP contribution in [0, 0.1) is 0 Å². The number of nitrogen functional groups attached to an aromatic ring is 1. The number of nitrogens with one attached hydrogen (secondary N) is 1. The molecule has 110 valence electrons. The van der Waals surface area contributed by atoms with Crippen LogP contribution in [0.15, 0.2) is 47.4 Å². The second kappa shape index (κ2) is 5.75. The van der Waals surface area contributed by atoms with Gasteiger partial charge in [0.2, 0.25) is 0 Å². The van der Waals surface area contributed by atoms with Crippen molar-refractivity contribution in [1.82, 2.24) is 0 Å². The molecular formula is C14H13ClN2O3S. The maximum atomic E-state index is 12.2. The van der Waals surface area contributed by atoms with Gasteiger partial charge in [-0.2, -0.15) is 0 Å². The van der Waals surface area contributed by atoms with Crippen LogP contribution in [0.4, 0.5) is 11.4 Å². The third-order valence-corrected chi connectivity index (χ3v) is 4.24. The minimum absolute atomic E-state index is 0.0462. The lowest BCUT2D eigenvalue weighted by Gasteiger charge is -2.10. The van der Waals surface area contributed by atoms with Crippen LogP contribution >= 0.6 is 11.6 Å². The van der Waals surface area contributed by atoms with Gasteiger partial charge in [0, 0.05) is 11.9 Å². The number of benzene rings is 2. The highest BCUT2D eigenvalue weighted by molar-refractivity contribution is 7.90. The van der Waals surface area contributed by atoms with Gasteiger partial charge in [0.05, 0.1) is 21.2 Å². The molecule has 0 unspecified atom stereocenters. The Bertz CT molecular complexity index is 804. The molecule has 0 aliphatic rings. The predicted molar refractivity (Wildman–Crippen MR) is 83.4 cm³/mol. The first kappa shape index (κ1) is 15.3. The summed E-state index contributed by atoms with van der Waals surface area (Å²) in [5.74, 6) is -0.504. The molecule has 3 N–H and O–H groups in total. The van der Waals surface area contributed by atoms with Crippen molar-refractivity contribution in [3.8, 4) is 0 Å². The fraction of sp³-hybridized carbons (Fsp3) is 0.0714. The van der Waals surface area contributed by atoms with Crippen LogP contribution < -0.4 is 11.1 Å². The standard InChI is InChI=1S/C14H13ClN2O3S/c1-21(19,20)13-5-3-2-4-12(13)17-14(18)10-7-6-9(16)8-11(10)15/h2-8H,16H2,1H3,(H,17,18). The van der Waals surface area contributed by atoms with E-state index in [9.17, 15) is 13.2 Å². The maximum absolute atomic E-state index is 12.2. The molecule has 1 amide bonds. The summed E-state index contributed by atoms with van der Waals surface area (Å²) in [6, 6.07) is 10.6. The van der Waals surface area contributed by atoms with Gasteiger partial charge in [-0.1, -0.05) is 23.7 Å². The van der Waals surface area contributed by atoms with Crippen molar-refractivity contribution in [3.63, 3.8) is 0 Å². The molecule has 0 saturated heterocycles. The summed E-state index contributed by atoms with van der Waals surface area (Å²) >= 11 is 5.96. The smallest absolute Gasteiger partial charge is 0.257 e. The molecule has 0 radical (unpaired) electrons. The Balaban J connectivity index is 2.37. The molecule has 0 atom stereocenters. The summed E-state index contributed by atoms with van der Waals surface area (Å²) in [7, 11) is -3.45. The van der Waals surface area contributed by atoms with E-state index < -0.39 is 15.7 Å². The second-order valence-corrected chi connectivity index (χ2v) is 6.85. The summed E-state index contributed by atoms with van der Waals surface area (Å²) in [4.78, 5) is 12.2. The van der Waals surface area contributed by atoms with E-state index >= 15 is 0 Å². The molecule has 0 bridgehead atoms. The first-order valence-electron chi connectivity index (χ1n) is 5.94. The molecule has 5 nitrogen and oxygen atoms in total. The SMILES string of the molecule is CS(=O)(=O)c1ccccc1NC(=O)c1ccc(N)cc1Cl. The van der Waals surface area contributed by atoms with Crippen molar-refractivity contribution in [2.75, 3.05) is 17.3 Å². The molecule has 7 heteroatoms. The van der Waals surface area contributed by atoms with Crippen LogP contribution in [0.2, 0.25) is 5.02 Å². The minimum atomic E-state index is -3.45. The average Bonchev–Trinajstić information content (AvgIpc) is 2.37. The molecule has 2 aromatic carbocycles. The highest BCUT2D eigenvalue weighted by atomic mass is 35.5. The molecule has 0 saturated carbocycles. The zero-order chi connectivity index (χ0) is 15.6. The van der Waals surface area contributed by atoms with Gasteiger partial charge < -0.3 is 11.1 Å². The topological polar surface area (TPSA) is 89.3 Å². The zero-order valence-corrected chi connectivity index (χ0v) is 12.7. The molecule has 0 fully saturated rings. The first-order chi connectivity index (χ1) is 9.79. The van der Waals surface area contributed by atoms with E-state index in [-0.39, 0.29) is 21.2 Å². The van der Waals surface area contributed by atoms with E-state index in [2.05, 4.69) is 5.32 Å². The Morgan fingerprint density at radius 2 is 1.86 bits per heavy atom. The van der Waals surface area contributed by atoms with Crippen LogP contribution in [0.3, 0.4) is 0 Å². The van der Waals surface area contributed by atoms with Gasteiger partial charge >= 0.3 is 0 Å². The van der Waals surface area contributed by atoms with Crippen molar-refractivity contribution in [2.45, 2.75) is 4.90 Å². The Kier molecular flexibility index (Phi) is 4.20. The van der Waals surface area contributed by atoms with Gasteiger partial charge in [-0.3, -0.25) is 4.79 Å². The van der Waals surface area contributed by atoms with Gasteiger partial charge in [-0.25, -0.2) is 8.42 Å². The third kappa shape index (κ3) is 3.53. The summed E-state index contributed by atoms with van der Waals surface area (Å²) in [6.45, 7) is 0. The van der Waals surface area contributed by atoms with E-state index in [0.717, 1.165) is 6.26 Å². The van der Waals surface area contributed by atoms with Gasteiger partial charge in [0.25, 0.3) is 5.91 Å². The van der Waals surface area contributed by atoms with E-state index in [4.69, 9.17) is 17.3 Å². The van der Waals surface area contributed by atoms with Crippen LogP contribution in [-0.2, 0) is 9.84 Å². The molecule has 21 heavy (non-hydrogen) atoms. The summed E-state index contributed by atoms with van der Waals surface area (Å²) in [5, 5.41) is 2.75. The third-order valence-electron chi connectivity index (χ3n) is 2.77. The number of nitrogens with two attached hydrogens (primary N) is 1. The number of hydrogen-bond donors (Lipinski definition) is 2. The highest BCUT2D eigenvalue weighted by Gasteiger charge is 2.16. The lowest BCUT2D eigenvalue weighted by Crippen LogP contribution is -2.15. The number of sulfone groups is 1. The van der Waals surface area contributed by atoms with E-state index in [1.54, 1.807) is 18.2 Å². The summed E-state index contributed by atoms with van der Waals surface area (Å²) in [6.07, 6.45) is 1.08. The molecule has 0 aliphatic heterocycles. The molecule has 0 heterocycles. The Morgan fingerprint density at radius 3 is 2.48 bits per heavy atom. The van der Waals surface area contributed by atoms with Crippen LogP contribution in [-0.4, -0.2) is 20.6 Å².